The van der Waals surface area contributed by atoms with Gasteiger partial charge in [-0.3, -0.25) is 4.90 Å². The van der Waals surface area contributed by atoms with E-state index in [0.29, 0.717) is 51.1 Å². The van der Waals surface area contributed by atoms with Gasteiger partial charge in [-0.05, 0) is 25.8 Å². The van der Waals surface area contributed by atoms with Crippen LogP contribution >= 0.6 is 0 Å². The summed E-state index contributed by atoms with van der Waals surface area (Å²) < 4.78 is 42.7. The summed E-state index contributed by atoms with van der Waals surface area (Å²) in [4.78, 5) is 26.1. The second kappa shape index (κ2) is 21.6. The van der Waals surface area contributed by atoms with E-state index >= 15 is 0 Å². The summed E-state index contributed by atoms with van der Waals surface area (Å²) in [6.07, 6.45) is 2.36. The Hall–Kier alpha value is -1.31. The van der Waals surface area contributed by atoms with Gasteiger partial charge in [0.25, 0.3) is 0 Å². The van der Waals surface area contributed by atoms with E-state index in [1.165, 1.54) is 0 Å². The predicted octanol–water partition coefficient (Wildman–Crippen LogP) is 2.08. The van der Waals surface area contributed by atoms with Crippen LogP contribution < -0.4 is 10.6 Å². The Kier molecular flexibility index (Phi) is 20.8. The van der Waals surface area contributed by atoms with Gasteiger partial charge in [-0.15, -0.1) is 0 Å². The van der Waals surface area contributed by atoms with Crippen LogP contribution in [0.3, 0.4) is 0 Å². The number of hydrogen-bond acceptors (Lipinski definition) is 11. The molecule has 0 rings (SSSR count). The summed E-state index contributed by atoms with van der Waals surface area (Å²) in [5.41, 5.74) is 0. The number of carbonyl (C=O) groups is 2. The molecule has 37 heavy (non-hydrogen) atoms. The molecule has 0 atom stereocenters. The first-order chi connectivity index (χ1) is 17.8. The lowest BCUT2D eigenvalue weighted by atomic mass is 10.3. The van der Waals surface area contributed by atoms with Gasteiger partial charge >= 0.3 is 29.8 Å². The first-order valence-electron chi connectivity index (χ1n) is 12.6. The van der Waals surface area contributed by atoms with Crippen LogP contribution in [0.4, 0.5) is 9.59 Å². The van der Waals surface area contributed by atoms with E-state index in [1.807, 2.05) is 0 Å². The zero-order chi connectivity index (χ0) is 28.0. The van der Waals surface area contributed by atoms with Gasteiger partial charge in [-0.2, -0.15) is 0 Å². The molecule has 0 bridgehead atoms. The Balaban J connectivity index is 4.18. The summed E-state index contributed by atoms with van der Waals surface area (Å²) in [5, 5.41) is 5.45. The lowest BCUT2D eigenvalue weighted by Crippen LogP contribution is -2.43. The van der Waals surface area contributed by atoms with Crippen molar-refractivity contribution in [2.45, 2.75) is 44.7 Å². The minimum Gasteiger partial charge on any atom is -0.448 e. The second-order valence-electron chi connectivity index (χ2n) is 8.12. The molecule has 0 aromatic rings. The van der Waals surface area contributed by atoms with Crippen molar-refractivity contribution in [3.05, 3.63) is 0 Å². The maximum absolute atomic E-state index is 12.0. The minimum atomic E-state index is -2.64. The molecule has 2 N–H and O–H groups in total. The monoisotopic (exact) mass is 571 g/mol. The maximum atomic E-state index is 12.0. The summed E-state index contributed by atoms with van der Waals surface area (Å²) in [6, 6.07) is 1.18. The van der Waals surface area contributed by atoms with Crippen LogP contribution in [0.2, 0.25) is 12.1 Å². The molecule has 0 heterocycles. The summed E-state index contributed by atoms with van der Waals surface area (Å²) in [6.45, 7) is 5.34. The van der Waals surface area contributed by atoms with Crippen molar-refractivity contribution in [1.29, 1.82) is 0 Å². The molecule has 0 radical (unpaired) electrons. The smallest absolute Gasteiger partial charge is 0.448 e. The quantitative estimate of drug-likeness (QED) is 0.138. The topological polar surface area (TPSA) is 135 Å². The molecule has 0 aliphatic heterocycles. The van der Waals surface area contributed by atoms with Crippen LogP contribution in [0.15, 0.2) is 0 Å². The van der Waals surface area contributed by atoms with Crippen molar-refractivity contribution in [1.82, 2.24) is 15.5 Å². The highest BCUT2D eigenvalue weighted by atomic mass is 28.4. The fourth-order valence-corrected chi connectivity index (χ4v) is 6.90. The maximum Gasteiger partial charge on any atom is 0.500 e. The molecule has 0 aromatic carbocycles. The van der Waals surface area contributed by atoms with Gasteiger partial charge in [0, 0.05) is 80.9 Å². The van der Waals surface area contributed by atoms with E-state index in [1.54, 1.807) is 42.7 Å². The molecular weight excluding hydrogens is 522 g/mol. The van der Waals surface area contributed by atoms with Gasteiger partial charge in [0.2, 0.25) is 0 Å². The van der Waals surface area contributed by atoms with Crippen molar-refractivity contribution in [3.63, 3.8) is 0 Å². The molecular formula is C22H49N3O10Si2. The zero-order valence-electron chi connectivity index (χ0n) is 23.7. The lowest BCUT2D eigenvalue weighted by Gasteiger charge is -2.24. The molecule has 2 amide bonds. The fraction of sp³-hybridized carbons (Fsp3) is 0.909. The number of ether oxygens (including phenoxy) is 2. The molecule has 220 valence electrons. The van der Waals surface area contributed by atoms with Crippen LogP contribution in [0, 0.1) is 0 Å². The first-order valence-corrected chi connectivity index (χ1v) is 16.5. The molecule has 0 spiro atoms. The van der Waals surface area contributed by atoms with E-state index in [9.17, 15) is 9.59 Å². The largest absolute Gasteiger partial charge is 0.500 e. The molecule has 13 nitrogen and oxygen atoms in total. The predicted molar refractivity (Wildman–Crippen MR) is 142 cm³/mol. The van der Waals surface area contributed by atoms with E-state index in [0.717, 1.165) is 19.4 Å². The van der Waals surface area contributed by atoms with Gasteiger partial charge < -0.3 is 46.7 Å². The van der Waals surface area contributed by atoms with Gasteiger partial charge in [0.15, 0.2) is 0 Å². The number of amides is 2. The molecule has 0 saturated heterocycles. The first kappa shape index (κ1) is 35.7. The lowest BCUT2D eigenvalue weighted by molar-refractivity contribution is 0.105. The SMILES string of the molecule is CCCCN(CCOC(=O)NCCC[Si](OC)(OC)OC)CCOC(=O)NCCC[Si](OC)(OC)OC. The molecule has 0 aliphatic rings. The molecule has 15 heteroatoms. The van der Waals surface area contributed by atoms with Crippen molar-refractivity contribution >= 4 is 29.8 Å². The zero-order valence-corrected chi connectivity index (χ0v) is 25.7. The van der Waals surface area contributed by atoms with E-state index in [-0.39, 0.29) is 13.2 Å². The van der Waals surface area contributed by atoms with Crippen LogP contribution in [0.1, 0.15) is 32.6 Å². The number of carbonyl (C=O) groups excluding carboxylic acids is 2. The average molecular weight is 572 g/mol. The van der Waals surface area contributed by atoms with Gasteiger partial charge in [0.1, 0.15) is 13.2 Å². The highest BCUT2D eigenvalue weighted by molar-refractivity contribution is 6.60. The number of unbranched alkanes of at least 4 members (excludes halogenated alkanes) is 1. The summed E-state index contributed by atoms with van der Waals surface area (Å²) >= 11 is 0. The Morgan fingerprint density at radius 3 is 1.32 bits per heavy atom. The molecule has 0 aliphatic carbocycles. The Morgan fingerprint density at radius 2 is 1.00 bits per heavy atom. The molecule has 0 aromatic heterocycles. The van der Waals surface area contributed by atoms with Crippen LogP contribution in [-0.4, -0.2) is 123 Å². The van der Waals surface area contributed by atoms with Gasteiger partial charge in [-0.1, -0.05) is 13.3 Å². The van der Waals surface area contributed by atoms with Crippen molar-refractivity contribution in [2.75, 3.05) is 88.6 Å². The van der Waals surface area contributed by atoms with Crippen LogP contribution in [-0.2, 0) is 36.0 Å². The number of rotatable bonds is 23. The normalized spacial score (nSPS) is 12.0. The van der Waals surface area contributed by atoms with Gasteiger partial charge in [-0.25, -0.2) is 9.59 Å². The molecule has 0 unspecified atom stereocenters. The van der Waals surface area contributed by atoms with Crippen molar-refractivity contribution in [2.24, 2.45) is 0 Å². The summed E-state index contributed by atoms with van der Waals surface area (Å²) in [5.74, 6) is 0. The van der Waals surface area contributed by atoms with Gasteiger partial charge in [0.05, 0.1) is 0 Å². The third-order valence-corrected chi connectivity index (χ3v) is 11.5. The van der Waals surface area contributed by atoms with Crippen molar-refractivity contribution in [3.8, 4) is 0 Å². The third kappa shape index (κ3) is 15.6. The highest BCUT2D eigenvalue weighted by Gasteiger charge is 2.37. The summed E-state index contributed by atoms with van der Waals surface area (Å²) in [7, 11) is 4.07. The highest BCUT2D eigenvalue weighted by Crippen LogP contribution is 2.15. The van der Waals surface area contributed by atoms with Crippen LogP contribution in [0.25, 0.3) is 0 Å². The van der Waals surface area contributed by atoms with Crippen LogP contribution in [0.5, 0.6) is 0 Å². The Bertz CT molecular complexity index is 537. The number of nitrogens with zero attached hydrogens (tertiary/aromatic N) is 1. The second-order valence-corrected chi connectivity index (χ2v) is 14.3. The minimum absolute atomic E-state index is 0.235. The van der Waals surface area contributed by atoms with E-state index < -0.39 is 29.8 Å². The average Bonchev–Trinajstić information content (AvgIpc) is 2.92. The number of alkyl carbamates (subject to hydrolysis) is 2. The van der Waals surface area contributed by atoms with E-state index in [4.69, 9.17) is 36.0 Å². The standard InChI is InChI=1S/C22H49N3O10Si2/c1-8-9-14-25(15-17-34-21(26)23-12-10-19-36(28-2,29-3)30-4)16-18-35-22(27)24-13-11-20-37(31-5,32-6)33-7/h8-20H2,1-7H3,(H,23,26)(H,24,27). The Morgan fingerprint density at radius 1 is 0.622 bits per heavy atom. The van der Waals surface area contributed by atoms with Crippen molar-refractivity contribution < 1.29 is 45.6 Å². The van der Waals surface area contributed by atoms with E-state index in [2.05, 4.69) is 22.5 Å². The number of nitrogens with one attached hydrogen (secondary N) is 2. The number of hydrogen-bond donors (Lipinski definition) is 2. The Labute approximate surface area is 224 Å². The third-order valence-electron chi connectivity index (χ3n) is 5.83. The fourth-order valence-electron chi connectivity index (χ4n) is 3.46. The molecule has 0 saturated carbocycles. The molecule has 0 fully saturated rings.